The lowest BCUT2D eigenvalue weighted by atomic mass is 9.77. The number of carboxylic acids is 1. The monoisotopic (exact) mass is 312 g/mol. The molecule has 0 atom stereocenters. The number of hydrogen-bond donors (Lipinski definition) is 1. The number of methoxy groups -OCH3 is 1. The van der Waals surface area contributed by atoms with Crippen LogP contribution in [0.5, 0.6) is 0 Å². The lowest BCUT2D eigenvalue weighted by molar-refractivity contribution is -0.143. The first-order chi connectivity index (χ1) is 8.62. The Morgan fingerprint density at radius 2 is 2.11 bits per heavy atom. The van der Waals surface area contributed by atoms with E-state index >= 15 is 0 Å². The quantitative estimate of drug-likeness (QED) is 0.925. The molecule has 1 saturated carbocycles. The van der Waals surface area contributed by atoms with Crippen LogP contribution in [0.4, 0.5) is 0 Å². The molecule has 1 N–H and O–H groups in total. The normalized spacial score (nSPS) is 17.9. The van der Waals surface area contributed by atoms with Crippen molar-refractivity contribution in [3.63, 3.8) is 0 Å². The molecule has 0 radical (unpaired) electrons. The second kappa shape index (κ2) is 5.41. The zero-order valence-electron chi connectivity index (χ0n) is 10.4. The Hall–Kier alpha value is -0.870. The van der Waals surface area contributed by atoms with Gasteiger partial charge in [-0.15, -0.1) is 0 Å². The maximum Gasteiger partial charge on any atom is 0.314 e. The highest BCUT2D eigenvalue weighted by Gasteiger charge is 2.45. The summed E-state index contributed by atoms with van der Waals surface area (Å²) in [4.78, 5) is 11.8. The third kappa shape index (κ3) is 2.19. The fraction of sp³-hybridized carbons (Fsp3) is 0.500. The van der Waals surface area contributed by atoms with Crippen molar-refractivity contribution in [2.75, 3.05) is 7.11 Å². The molecule has 0 bridgehead atoms. The van der Waals surface area contributed by atoms with Crippen molar-refractivity contribution < 1.29 is 14.6 Å². The van der Waals surface area contributed by atoms with Gasteiger partial charge < -0.3 is 9.84 Å². The molecule has 98 valence electrons. The van der Waals surface area contributed by atoms with E-state index in [-0.39, 0.29) is 0 Å². The Bertz CT molecular complexity index is 450. The van der Waals surface area contributed by atoms with E-state index in [4.69, 9.17) is 4.74 Å². The van der Waals surface area contributed by atoms with Gasteiger partial charge in [-0.2, -0.15) is 0 Å². The van der Waals surface area contributed by atoms with E-state index < -0.39 is 11.4 Å². The van der Waals surface area contributed by atoms with Crippen molar-refractivity contribution in [2.24, 2.45) is 0 Å². The highest BCUT2D eigenvalue weighted by molar-refractivity contribution is 9.10. The van der Waals surface area contributed by atoms with Crippen molar-refractivity contribution in [1.82, 2.24) is 0 Å². The van der Waals surface area contributed by atoms with Crippen molar-refractivity contribution in [1.29, 1.82) is 0 Å². The van der Waals surface area contributed by atoms with E-state index in [1.807, 2.05) is 18.2 Å². The summed E-state index contributed by atoms with van der Waals surface area (Å²) in [7, 11) is 1.63. The Balaban J connectivity index is 2.57. The summed E-state index contributed by atoms with van der Waals surface area (Å²) < 4.78 is 6.07. The maximum atomic E-state index is 11.8. The largest absolute Gasteiger partial charge is 0.481 e. The second-order valence-electron chi connectivity index (χ2n) is 4.80. The van der Waals surface area contributed by atoms with Crippen molar-refractivity contribution >= 4 is 21.9 Å². The molecule has 0 aromatic heterocycles. The van der Waals surface area contributed by atoms with Crippen molar-refractivity contribution in [3.05, 3.63) is 33.8 Å². The smallest absolute Gasteiger partial charge is 0.314 e. The number of aliphatic carboxylic acids is 1. The van der Waals surface area contributed by atoms with Crippen LogP contribution in [0.1, 0.15) is 36.8 Å². The minimum atomic E-state index is -0.742. The van der Waals surface area contributed by atoms with Gasteiger partial charge in [-0.3, -0.25) is 4.79 Å². The molecule has 0 amide bonds. The van der Waals surface area contributed by atoms with Gasteiger partial charge in [-0.1, -0.05) is 40.9 Å². The van der Waals surface area contributed by atoms with E-state index in [0.29, 0.717) is 19.4 Å². The average molecular weight is 313 g/mol. The summed E-state index contributed by atoms with van der Waals surface area (Å²) in [6, 6.07) is 5.79. The molecule has 0 heterocycles. The van der Waals surface area contributed by atoms with Crippen LogP contribution >= 0.6 is 15.9 Å². The molecule has 1 fully saturated rings. The number of carbonyl (C=O) groups is 1. The van der Waals surface area contributed by atoms with E-state index in [9.17, 15) is 9.90 Å². The maximum absolute atomic E-state index is 11.8. The lowest BCUT2D eigenvalue weighted by Gasteiger charge is -2.28. The van der Waals surface area contributed by atoms with Crippen LogP contribution in [-0.2, 0) is 21.6 Å². The van der Waals surface area contributed by atoms with Crippen molar-refractivity contribution in [3.8, 4) is 0 Å². The van der Waals surface area contributed by atoms with Crippen LogP contribution in [0.3, 0.4) is 0 Å². The van der Waals surface area contributed by atoms with Gasteiger partial charge in [0.15, 0.2) is 0 Å². The Morgan fingerprint density at radius 3 is 2.67 bits per heavy atom. The number of ether oxygens (including phenoxy) is 1. The summed E-state index contributed by atoms with van der Waals surface area (Å²) in [5.74, 6) is -0.718. The number of hydrogen-bond acceptors (Lipinski definition) is 2. The van der Waals surface area contributed by atoms with Crippen molar-refractivity contribution in [2.45, 2.75) is 37.7 Å². The van der Waals surface area contributed by atoms with Crippen LogP contribution < -0.4 is 0 Å². The summed E-state index contributed by atoms with van der Waals surface area (Å²) in [5, 5.41) is 9.67. The van der Waals surface area contributed by atoms with Gasteiger partial charge in [-0.25, -0.2) is 0 Å². The summed E-state index contributed by atoms with van der Waals surface area (Å²) in [5.41, 5.74) is 1.13. The van der Waals surface area contributed by atoms with Gasteiger partial charge in [0.1, 0.15) is 0 Å². The molecule has 1 aliphatic rings. The first kappa shape index (κ1) is 13.6. The molecule has 0 unspecified atom stereocenters. The zero-order chi connectivity index (χ0) is 13.2. The molecule has 0 spiro atoms. The molecule has 1 aliphatic carbocycles. The zero-order valence-corrected chi connectivity index (χ0v) is 12.0. The highest BCUT2D eigenvalue weighted by atomic mass is 79.9. The molecule has 4 heteroatoms. The van der Waals surface area contributed by atoms with Crippen LogP contribution in [0.15, 0.2) is 22.7 Å². The minimum absolute atomic E-state index is 0.448. The first-order valence-electron chi connectivity index (χ1n) is 6.12. The molecule has 3 nitrogen and oxygen atoms in total. The lowest BCUT2D eigenvalue weighted by Crippen LogP contribution is -2.34. The summed E-state index contributed by atoms with van der Waals surface area (Å²) >= 11 is 3.51. The fourth-order valence-corrected chi connectivity index (χ4v) is 3.72. The third-order valence-corrected chi connectivity index (χ3v) is 4.41. The van der Waals surface area contributed by atoms with Gasteiger partial charge >= 0.3 is 5.97 Å². The van der Waals surface area contributed by atoms with Crippen LogP contribution in [0.25, 0.3) is 0 Å². The number of carboxylic acid groups (broad SMARTS) is 1. The molecule has 1 aromatic carbocycles. The van der Waals surface area contributed by atoms with E-state index in [1.165, 1.54) is 0 Å². The topological polar surface area (TPSA) is 46.5 Å². The van der Waals surface area contributed by atoms with Crippen LogP contribution in [0, 0.1) is 0 Å². The molecule has 18 heavy (non-hydrogen) atoms. The Morgan fingerprint density at radius 1 is 1.44 bits per heavy atom. The molecule has 1 aromatic rings. The van der Waals surface area contributed by atoms with Crippen LogP contribution in [-0.4, -0.2) is 18.2 Å². The predicted molar refractivity (Wildman–Crippen MR) is 72.6 cm³/mol. The van der Waals surface area contributed by atoms with Crippen LogP contribution in [0.2, 0.25) is 0 Å². The number of rotatable bonds is 4. The van der Waals surface area contributed by atoms with E-state index in [1.54, 1.807) is 7.11 Å². The first-order valence-corrected chi connectivity index (χ1v) is 6.91. The summed E-state index contributed by atoms with van der Waals surface area (Å²) in [6.45, 7) is 0.448. The molecule has 0 saturated heterocycles. The molecular weight excluding hydrogens is 296 g/mol. The SMILES string of the molecule is COCc1cccc(Br)c1C1(C(=O)O)CCCC1. The predicted octanol–water partition coefficient (Wildman–Crippen LogP) is 3.49. The average Bonchev–Trinajstić information content (AvgIpc) is 2.80. The van der Waals surface area contributed by atoms with E-state index in [2.05, 4.69) is 15.9 Å². The Labute approximate surface area is 115 Å². The summed E-state index contributed by atoms with van der Waals surface area (Å²) in [6.07, 6.45) is 3.36. The fourth-order valence-electron chi connectivity index (χ4n) is 2.93. The van der Waals surface area contributed by atoms with E-state index in [0.717, 1.165) is 28.4 Å². The van der Waals surface area contributed by atoms with Gasteiger partial charge in [0, 0.05) is 11.6 Å². The Kier molecular flexibility index (Phi) is 4.07. The van der Waals surface area contributed by atoms with Gasteiger partial charge in [0.2, 0.25) is 0 Å². The van der Waals surface area contributed by atoms with Gasteiger partial charge in [0.05, 0.1) is 12.0 Å². The second-order valence-corrected chi connectivity index (χ2v) is 5.66. The minimum Gasteiger partial charge on any atom is -0.481 e. The number of benzene rings is 1. The molecule has 2 rings (SSSR count). The molecule has 0 aliphatic heterocycles. The number of halogens is 1. The third-order valence-electron chi connectivity index (χ3n) is 3.74. The molecular formula is C14H17BrO3. The van der Waals surface area contributed by atoms with Gasteiger partial charge in [0.25, 0.3) is 0 Å². The highest BCUT2D eigenvalue weighted by Crippen LogP contribution is 2.45. The van der Waals surface area contributed by atoms with Gasteiger partial charge in [-0.05, 0) is 30.0 Å². The standard InChI is InChI=1S/C14H17BrO3/c1-18-9-10-5-4-6-11(15)12(10)14(13(16)17)7-2-3-8-14/h4-6H,2-3,7-9H2,1H3,(H,16,17).